The molecule has 0 unspecified atom stereocenters. The fraction of sp³-hybridized carbons (Fsp3) is 0.923. The third-order valence-corrected chi connectivity index (χ3v) is 3.63. The van der Waals surface area contributed by atoms with Crippen molar-refractivity contribution in [3.63, 3.8) is 0 Å². The molecule has 1 N–H and O–H groups in total. The van der Waals surface area contributed by atoms with E-state index in [1.807, 2.05) is 25.7 Å². The van der Waals surface area contributed by atoms with E-state index in [0.29, 0.717) is 0 Å². The summed E-state index contributed by atoms with van der Waals surface area (Å²) in [5, 5.41) is 3.25. The van der Waals surface area contributed by atoms with Crippen LogP contribution in [0.3, 0.4) is 0 Å². The van der Waals surface area contributed by atoms with E-state index >= 15 is 0 Å². The van der Waals surface area contributed by atoms with Crippen LogP contribution in [0, 0.1) is 5.92 Å². The van der Waals surface area contributed by atoms with Crippen LogP contribution in [-0.4, -0.2) is 36.0 Å². The van der Waals surface area contributed by atoms with Gasteiger partial charge < -0.3 is 10.2 Å². The van der Waals surface area contributed by atoms with Crippen LogP contribution < -0.4 is 5.32 Å². The van der Waals surface area contributed by atoms with Gasteiger partial charge in [-0.15, -0.1) is 0 Å². The van der Waals surface area contributed by atoms with Crippen LogP contribution in [0.15, 0.2) is 0 Å². The van der Waals surface area contributed by atoms with Crippen LogP contribution >= 0.6 is 0 Å². The zero-order chi connectivity index (χ0) is 12.2. The van der Waals surface area contributed by atoms with Crippen molar-refractivity contribution in [2.45, 2.75) is 52.5 Å². The Morgan fingerprint density at radius 2 is 1.88 bits per heavy atom. The summed E-state index contributed by atoms with van der Waals surface area (Å²) in [6.07, 6.45) is 3.59. The number of amides is 1. The number of hydrogen-bond acceptors (Lipinski definition) is 2. The Morgan fingerprint density at radius 3 is 2.31 bits per heavy atom. The highest BCUT2D eigenvalue weighted by Gasteiger charge is 2.32. The van der Waals surface area contributed by atoms with E-state index in [4.69, 9.17) is 0 Å². The maximum atomic E-state index is 12.3. The third kappa shape index (κ3) is 3.21. The summed E-state index contributed by atoms with van der Waals surface area (Å²) in [7, 11) is 0. The largest absolute Gasteiger partial charge is 0.341 e. The van der Waals surface area contributed by atoms with E-state index in [0.717, 1.165) is 25.6 Å². The summed E-state index contributed by atoms with van der Waals surface area (Å²) >= 11 is 0. The Kier molecular flexibility index (Phi) is 4.78. The van der Waals surface area contributed by atoms with Crippen LogP contribution in [0.2, 0.25) is 0 Å². The fourth-order valence-electron chi connectivity index (χ4n) is 2.46. The minimum atomic E-state index is -0.409. The SMILES string of the molecule is CCNC(C)(C)C(=O)N1CCC(CC)CC1. The smallest absolute Gasteiger partial charge is 0.242 e. The standard InChI is InChI=1S/C13H26N2O/c1-5-11-7-9-15(10-8-11)12(16)13(3,4)14-6-2/h11,14H,5-10H2,1-4H3. The Hall–Kier alpha value is -0.570. The van der Waals surface area contributed by atoms with Crippen molar-refractivity contribution < 1.29 is 4.79 Å². The second-order valence-corrected chi connectivity index (χ2v) is 5.30. The summed E-state index contributed by atoms with van der Waals surface area (Å²) < 4.78 is 0. The normalized spacial score (nSPS) is 18.9. The van der Waals surface area contributed by atoms with Crippen molar-refractivity contribution in [3.8, 4) is 0 Å². The van der Waals surface area contributed by atoms with Gasteiger partial charge in [-0.05, 0) is 39.2 Å². The number of nitrogens with one attached hydrogen (secondary N) is 1. The van der Waals surface area contributed by atoms with Crippen molar-refractivity contribution in [2.75, 3.05) is 19.6 Å². The van der Waals surface area contributed by atoms with E-state index in [9.17, 15) is 4.79 Å². The van der Waals surface area contributed by atoms with Gasteiger partial charge in [-0.1, -0.05) is 20.3 Å². The fourth-order valence-corrected chi connectivity index (χ4v) is 2.46. The highest BCUT2D eigenvalue weighted by Crippen LogP contribution is 2.21. The molecule has 1 heterocycles. The molecule has 1 rings (SSSR count). The van der Waals surface area contributed by atoms with Crippen LogP contribution in [0.1, 0.15) is 47.0 Å². The number of carbonyl (C=O) groups is 1. The van der Waals surface area contributed by atoms with Gasteiger partial charge in [0.1, 0.15) is 0 Å². The highest BCUT2D eigenvalue weighted by molar-refractivity contribution is 5.85. The molecule has 0 aromatic rings. The summed E-state index contributed by atoms with van der Waals surface area (Å²) in [4.78, 5) is 14.3. The highest BCUT2D eigenvalue weighted by atomic mass is 16.2. The second kappa shape index (κ2) is 5.67. The number of nitrogens with zero attached hydrogens (tertiary/aromatic N) is 1. The molecule has 0 aromatic heterocycles. The lowest BCUT2D eigenvalue weighted by Crippen LogP contribution is -2.55. The summed E-state index contributed by atoms with van der Waals surface area (Å²) in [5.41, 5.74) is -0.409. The summed E-state index contributed by atoms with van der Waals surface area (Å²) in [5.74, 6) is 1.08. The topological polar surface area (TPSA) is 32.3 Å². The molecule has 1 amide bonds. The van der Waals surface area contributed by atoms with Crippen LogP contribution in [0.4, 0.5) is 0 Å². The number of carbonyl (C=O) groups excluding carboxylic acids is 1. The number of hydrogen-bond donors (Lipinski definition) is 1. The average molecular weight is 226 g/mol. The molecule has 0 spiro atoms. The number of rotatable bonds is 4. The van der Waals surface area contributed by atoms with E-state index in [2.05, 4.69) is 12.2 Å². The maximum absolute atomic E-state index is 12.3. The molecular formula is C13H26N2O. The van der Waals surface area contributed by atoms with Crippen molar-refractivity contribution in [1.29, 1.82) is 0 Å². The number of likely N-dealkylation sites (tertiary alicyclic amines) is 1. The summed E-state index contributed by atoms with van der Waals surface area (Å²) in [6, 6.07) is 0. The first-order valence-corrected chi connectivity index (χ1v) is 6.55. The zero-order valence-electron chi connectivity index (χ0n) is 11.2. The predicted octanol–water partition coefficient (Wildman–Crippen LogP) is 2.02. The molecule has 0 aromatic carbocycles. The lowest BCUT2D eigenvalue weighted by Gasteiger charge is -2.37. The van der Waals surface area contributed by atoms with Crippen molar-refractivity contribution in [3.05, 3.63) is 0 Å². The molecule has 16 heavy (non-hydrogen) atoms. The van der Waals surface area contributed by atoms with E-state index in [1.165, 1.54) is 19.3 Å². The minimum absolute atomic E-state index is 0.254. The quantitative estimate of drug-likeness (QED) is 0.795. The van der Waals surface area contributed by atoms with E-state index in [-0.39, 0.29) is 5.91 Å². The van der Waals surface area contributed by atoms with Crippen molar-refractivity contribution >= 4 is 5.91 Å². The molecule has 1 aliphatic heterocycles. The van der Waals surface area contributed by atoms with E-state index in [1.54, 1.807) is 0 Å². The van der Waals surface area contributed by atoms with Gasteiger partial charge in [-0.2, -0.15) is 0 Å². The van der Waals surface area contributed by atoms with Gasteiger partial charge in [-0.3, -0.25) is 4.79 Å². The molecular weight excluding hydrogens is 200 g/mol. The molecule has 0 radical (unpaired) electrons. The lowest BCUT2D eigenvalue weighted by atomic mass is 9.93. The van der Waals surface area contributed by atoms with Gasteiger partial charge in [0.05, 0.1) is 5.54 Å². The molecule has 94 valence electrons. The minimum Gasteiger partial charge on any atom is -0.341 e. The second-order valence-electron chi connectivity index (χ2n) is 5.30. The first-order chi connectivity index (χ1) is 7.51. The number of piperidine rings is 1. The number of likely N-dealkylation sites (N-methyl/N-ethyl adjacent to an activating group) is 1. The first-order valence-electron chi connectivity index (χ1n) is 6.55. The Balaban J connectivity index is 2.50. The van der Waals surface area contributed by atoms with E-state index < -0.39 is 5.54 Å². The summed E-state index contributed by atoms with van der Waals surface area (Å²) in [6.45, 7) is 10.9. The van der Waals surface area contributed by atoms with Crippen LogP contribution in [0.5, 0.6) is 0 Å². The van der Waals surface area contributed by atoms with Crippen molar-refractivity contribution in [1.82, 2.24) is 10.2 Å². The van der Waals surface area contributed by atoms with Gasteiger partial charge in [-0.25, -0.2) is 0 Å². The Labute approximate surface area is 99.6 Å². The Bertz CT molecular complexity index is 230. The first kappa shape index (κ1) is 13.5. The lowest BCUT2D eigenvalue weighted by molar-refractivity contribution is -0.138. The molecule has 1 aliphatic rings. The maximum Gasteiger partial charge on any atom is 0.242 e. The van der Waals surface area contributed by atoms with Crippen LogP contribution in [0.25, 0.3) is 0 Å². The molecule has 1 saturated heterocycles. The van der Waals surface area contributed by atoms with Crippen LogP contribution in [-0.2, 0) is 4.79 Å². The molecule has 3 nitrogen and oxygen atoms in total. The van der Waals surface area contributed by atoms with Crippen molar-refractivity contribution in [2.24, 2.45) is 5.92 Å². The Morgan fingerprint density at radius 1 is 1.31 bits per heavy atom. The monoisotopic (exact) mass is 226 g/mol. The van der Waals surface area contributed by atoms with Gasteiger partial charge in [0.2, 0.25) is 5.91 Å². The molecule has 0 saturated carbocycles. The molecule has 0 aliphatic carbocycles. The van der Waals surface area contributed by atoms with Gasteiger partial charge in [0.15, 0.2) is 0 Å². The third-order valence-electron chi connectivity index (χ3n) is 3.63. The molecule has 0 bridgehead atoms. The zero-order valence-corrected chi connectivity index (χ0v) is 11.2. The predicted molar refractivity (Wildman–Crippen MR) is 67.4 cm³/mol. The van der Waals surface area contributed by atoms with Gasteiger partial charge >= 0.3 is 0 Å². The molecule has 1 fully saturated rings. The molecule has 0 atom stereocenters. The van der Waals surface area contributed by atoms with Gasteiger partial charge in [0.25, 0.3) is 0 Å². The molecule has 3 heteroatoms. The average Bonchev–Trinajstić information content (AvgIpc) is 2.28. The van der Waals surface area contributed by atoms with Gasteiger partial charge in [0, 0.05) is 13.1 Å².